The van der Waals surface area contributed by atoms with Crippen LogP contribution in [0.25, 0.3) is 0 Å². The van der Waals surface area contributed by atoms with Gasteiger partial charge >= 0.3 is 0 Å². The Morgan fingerprint density at radius 2 is 1.94 bits per heavy atom. The fraction of sp³-hybridized carbons (Fsp3) is 0.600. The number of anilines is 1. The SMILES string of the molecule is CCC1CCC(Nc2ccc(Cl)cc2C)CC1. The van der Waals surface area contributed by atoms with Crippen molar-refractivity contribution in [2.24, 2.45) is 5.92 Å². The summed E-state index contributed by atoms with van der Waals surface area (Å²) >= 11 is 5.97. The van der Waals surface area contributed by atoms with E-state index in [0.717, 1.165) is 10.9 Å². The zero-order valence-corrected chi connectivity index (χ0v) is 11.6. The molecule has 0 heterocycles. The van der Waals surface area contributed by atoms with Gasteiger partial charge in [-0.05, 0) is 62.3 Å². The lowest BCUT2D eigenvalue weighted by molar-refractivity contribution is 0.330. The number of aryl methyl sites for hydroxylation is 1. The molecule has 0 radical (unpaired) electrons. The summed E-state index contributed by atoms with van der Waals surface area (Å²) < 4.78 is 0. The average Bonchev–Trinajstić information content (AvgIpc) is 2.34. The maximum Gasteiger partial charge on any atom is 0.0410 e. The van der Waals surface area contributed by atoms with Crippen LogP contribution >= 0.6 is 11.6 Å². The fourth-order valence-corrected chi connectivity index (χ4v) is 2.95. The molecule has 1 saturated carbocycles. The third kappa shape index (κ3) is 3.38. The van der Waals surface area contributed by atoms with Crippen molar-refractivity contribution in [3.05, 3.63) is 28.8 Å². The summed E-state index contributed by atoms with van der Waals surface area (Å²) in [5, 5.41) is 4.48. The van der Waals surface area contributed by atoms with Crippen molar-refractivity contribution in [1.29, 1.82) is 0 Å². The monoisotopic (exact) mass is 251 g/mol. The standard InChI is InChI=1S/C15H22ClN/c1-3-12-4-7-14(8-5-12)17-15-9-6-13(16)10-11(15)2/h6,9-10,12,14,17H,3-5,7-8H2,1-2H3. The van der Waals surface area contributed by atoms with Crippen molar-refractivity contribution in [3.8, 4) is 0 Å². The number of rotatable bonds is 3. The largest absolute Gasteiger partial charge is 0.382 e. The Labute approximate surface area is 110 Å². The Bertz CT molecular complexity index is 367. The molecule has 0 aromatic heterocycles. The maximum atomic E-state index is 5.97. The van der Waals surface area contributed by atoms with Crippen LogP contribution in [0, 0.1) is 12.8 Å². The summed E-state index contributed by atoms with van der Waals surface area (Å²) in [4.78, 5) is 0. The molecular formula is C15H22ClN. The maximum absolute atomic E-state index is 5.97. The van der Waals surface area contributed by atoms with Crippen LogP contribution in [0.1, 0.15) is 44.6 Å². The Kier molecular flexibility index (Phi) is 4.33. The first-order chi connectivity index (χ1) is 8.19. The van der Waals surface area contributed by atoms with E-state index >= 15 is 0 Å². The predicted octanol–water partition coefficient (Wildman–Crippen LogP) is 5.03. The topological polar surface area (TPSA) is 12.0 Å². The lowest BCUT2D eigenvalue weighted by atomic mass is 9.84. The third-order valence-corrected chi connectivity index (χ3v) is 4.21. The molecule has 17 heavy (non-hydrogen) atoms. The Hall–Kier alpha value is -0.690. The molecule has 0 bridgehead atoms. The molecule has 1 fully saturated rings. The van der Waals surface area contributed by atoms with E-state index in [4.69, 9.17) is 11.6 Å². The molecule has 0 aliphatic heterocycles. The van der Waals surface area contributed by atoms with Crippen molar-refractivity contribution in [2.45, 2.75) is 52.0 Å². The molecular weight excluding hydrogens is 230 g/mol. The molecule has 1 nitrogen and oxygen atoms in total. The van der Waals surface area contributed by atoms with E-state index in [0.29, 0.717) is 6.04 Å². The van der Waals surface area contributed by atoms with Gasteiger partial charge in [0.2, 0.25) is 0 Å². The van der Waals surface area contributed by atoms with Gasteiger partial charge in [0.15, 0.2) is 0 Å². The van der Waals surface area contributed by atoms with Gasteiger partial charge in [-0.3, -0.25) is 0 Å². The van der Waals surface area contributed by atoms with Crippen LogP contribution < -0.4 is 5.32 Å². The number of hydrogen-bond acceptors (Lipinski definition) is 1. The highest BCUT2D eigenvalue weighted by Crippen LogP contribution is 2.29. The fourth-order valence-electron chi connectivity index (χ4n) is 2.72. The van der Waals surface area contributed by atoms with Crippen LogP contribution in [0.2, 0.25) is 5.02 Å². The minimum atomic E-state index is 0.651. The van der Waals surface area contributed by atoms with Gasteiger partial charge in [0.25, 0.3) is 0 Å². The Morgan fingerprint density at radius 1 is 1.24 bits per heavy atom. The molecule has 1 aliphatic rings. The summed E-state index contributed by atoms with van der Waals surface area (Å²) in [5.41, 5.74) is 2.49. The second kappa shape index (κ2) is 5.77. The molecule has 2 heteroatoms. The molecule has 0 saturated heterocycles. The molecule has 2 rings (SSSR count). The normalized spacial score (nSPS) is 24.6. The average molecular weight is 252 g/mol. The molecule has 1 aromatic rings. The van der Waals surface area contributed by atoms with Crippen LogP contribution in [0.15, 0.2) is 18.2 Å². The van der Waals surface area contributed by atoms with Crippen LogP contribution in [-0.4, -0.2) is 6.04 Å². The highest BCUT2D eigenvalue weighted by atomic mass is 35.5. The number of halogens is 1. The summed E-state index contributed by atoms with van der Waals surface area (Å²) in [5.74, 6) is 0.958. The number of nitrogens with one attached hydrogen (secondary N) is 1. The van der Waals surface area contributed by atoms with Crippen molar-refractivity contribution in [1.82, 2.24) is 0 Å². The van der Waals surface area contributed by atoms with Crippen molar-refractivity contribution >= 4 is 17.3 Å². The van der Waals surface area contributed by atoms with Gasteiger partial charge in [-0.2, -0.15) is 0 Å². The van der Waals surface area contributed by atoms with Gasteiger partial charge in [0, 0.05) is 16.8 Å². The third-order valence-electron chi connectivity index (χ3n) is 3.97. The highest BCUT2D eigenvalue weighted by molar-refractivity contribution is 6.30. The predicted molar refractivity (Wildman–Crippen MR) is 75.8 cm³/mol. The van der Waals surface area contributed by atoms with E-state index in [-0.39, 0.29) is 0 Å². The van der Waals surface area contributed by atoms with E-state index in [1.54, 1.807) is 0 Å². The Balaban J connectivity index is 1.93. The van der Waals surface area contributed by atoms with E-state index < -0.39 is 0 Å². The number of hydrogen-bond donors (Lipinski definition) is 1. The second-order valence-electron chi connectivity index (χ2n) is 5.23. The van der Waals surface area contributed by atoms with E-state index in [9.17, 15) is 0 Å². The molecule has 1 N–H and O–H groups in total. The Morgan fingerprint density at radius 3 is 2.53 bits per heavy atom. The van der Waals surface area contributed by atoms with Crippen molar-refractivity contribution < 1.29 is 0 Å². The summed E-state index contributed by atoms with van der Waals surface area (Å²) in [6.07, 6.45) is 6.70. The molecule has 0 atom stereocenters. The lowest BCUT2D eigenvalue weighted by Gasteiger charge is -2.29. The minimum absolute atomic E-state index is 0.651. The van der Waals surface area contributed by atoms with Gasteiger partial charge in [-0.1, -0.05) is 24.9 Å². The van der Waals surface area contributed by atoms with Crippen LogP contribution in [0.5, 0.6) is 0 Å². The smallest absolute Gasteiger partial charge is 0.0410 e. The first-order valence-corrected chi connectivity index (χ1v) is 7.09. The van der Waals surface area contributed by atoms with Gasteiger partial charge in [0.05, 0.1) is 0 Å². The molecule has 1 aliphatic carbocycles. The zero-order chi connectivity index (χ0) is 12.3. The van der Waals surface area contributed by atoms with E-state index in [2.05, 4.69) is 25.2 Å². The highest BCUT2D eigenvalue weighted by Gasteiger charge is 2.19. The molecule has 0 amide bonds. The summed E-state index contributed by atoms with van der Waals surface area (Å²) in [6, 6.07) is 6.75. The second-order valence-corrected chi connectivity index (χ2v) is 5.67. The zero-order valence-electron chi connectivity index (χ0n) is 10.8. The first-order valence-electron chi connectivity index (χ1n) is 6.71. The summed E-state index contributed by atoms with van der Waals surface area (Å²) in [6.45, 7) is 4.42. The number of benzene rings is 1. The molecule has 0 unspecified atom stereocenters. The van der Waals surface area contributed by atoms with Crippen LogP contribution in [-0.2, 0) is 0 Å². The van der Waals surface area contributed by atoms with Gasteiger partial charge < -0.3 is 5.32 Å². The minimum Gasteiger partial charge on any atom is -0.382 e. The van der Waals surface area contributed by atoms with Crippen molar-refractivity contribution in [2.75, 3.05) is 5.32 Å². The molecule has 0 spiro atoms. The van der Waals surface area contributed by atoms with Gasteiger partial charge in [0.1, 0.15) is 0 Å². The van der Waals surface area contributed by atoms with Crippen molar-refractivity contribution in [3.63, 3.8) is 0 Å². The van der Waals surface area contributed by atoms with Crippen LogP contribution in [0.3, 0.4) is 0 Å². The van der Waals surface area contributed by atoms with Crippen LogP contribution in [0.4, 0.5) is 5.69 Å². The summed E-state index contributed by atoms with van der Waals surface area (Å²) in [7, 11) is 0. The quantitative estimate of drug-likeness (QED) is 0.795. The first kappa shape index (κ1) is 12.8. The van der Waals surface area contributed by atoms with E-state index in [1.165, 1.54) is 43.4 Å². The molecule has 94 valence electrons. The van der Waals surface area contributed by atoms with Gasteiger partial charge in [-0.15, -0.1) is 0 Å². The molecule has 1 aromatic carbocycles. The van der Waals surface area contributed by atoms with Gasteiger partial charge in [-0.25, -0.2) is 0 Å². The van der Waals surface area contributed by atoms with E-state index in [1.807, 2.05) is 12.1 Å². The lowest BCUT2D eigenvalue weighted by Crippen LogP contribution is -2.26.